The van der Waals surface area contributed by atoms with Gasteiger partial charge in [0.2, 0.25) is 0 Å². The monoisotopic (exact) mass is 403 g/mol. The Kier molecular flexibility index (Phi) is 8.33. The second kappa shape index (κ2) is 11.0. The Balaban J connectivity index is 1.67. The minimum Gasteiger partial charge on any atom is -0.383 e. The summed E-state index contributed by atoms with van der Waals surface area (Å²) in [6, 6.07) is 7.92. The van der Waals surface area contributed by atoms with Crippen molar-refractivity contribution < 1.29 is 14.3 Å². The number of para-hydroxylation sites is 1. The minimum atomic E-state index is 0.131. The molecule has 1 unspecified atom stereocenters. The number of hydrogen-bond acceptors (Lipinski definition) is 5. The lowest BCUT2D eigenvalue weighted by atomic mass is 9.95. The zero-order valence-electron chi connectivity index (χ0n) is 18.3. The predicted molar refractivity (Wildman–Crippen MR) is 117 cm³/mol. The highest BCUT2D eigenvalue weighted by atomic mass is 16.5. The maximum absolute atomic E-state index is 13.6. The zero-order chi connectivity index (χ0) is 20.6. The minimum absolute atomic E-state index is 0.131. The largest absolute Gasteiger partial charge is 0.383 e. The van der Waals surface area contributed by atoms with Crippen LogP contribution in [0.25, 0.3) is 0 Å². The summed E-state index contributed by atoms with van der Waals surface area (Å²) >= 11 is 0. The van der Waals surface area contributed by atoms with E-state index < -0.39 is 0 Å². The molecule has 0 spiro atoms. The molecule has 1 atom stereocenters. The molecule has 1 aromatic rings. The van der Waals surface area contributed by atoms with E-state index in [4.69, 9.17) is 9.47 Å². The van der Waals surface area contributed by atoms with Crippen molar-refractivity contribution in [1.82, 2.24) is 9.80 Å². The molecule has 29 heavy (non-hydrogen) atoms. The van der Waals surface area contributed by atoms with E-state index in [-0.39, 0.29) is 12.0 Å². The molecule has 0 radical (unpaired) electrons. The second-order valence-corrected chi connectivity index (χ2v) is 8.53. The molecule has 0 N–H and O–H groups in total. The Labute approximate surface area is 175 Å². The molecule has 1 amide bonds. The lowest BCUT2D eigenvalue weighted by molar-refractivity contribution is 0.0437. The average Bonchev–Trinajstić information content (AvgIpc) is 3.25. The number of methoxy groups -OCH3 is 1. The van der Waals surface area contributed by atoms with Gasteiger partial charge in [-0.25, -0.2) is 0 Å². The molecule has 2 aliphatic heterocycles. The normalized spacial score (nSPS) is 20.7. The highest BCUT2D eigenvalue weighted by Crippen LogP contribution is 2.25. The van der Waals surface area contributed by atoms with Gasteiger partial charge in [-0.05, 0) is 56.8 Å². The summed E-state index contributed by atoms with van der Waals surface area (Å²) in [4.78, 5) is 20.1. The Morgan fingerprint density at radius 2 is 1.93 bits per heavy atom. The first-order valence-corrected chi connectivity index (χ1v) is 11.0. The van der Waals surface area contributed by atoms with Gasteiger partial charge in [0.15, 0.2) is 0 Å². The Morgan fingerprint density at radius 3 is 2.59 bits per heavy atom. The van der Waals surface area contributed by atoms with Crippen LogP contribution in [0.15, 0.2) is 24.3 Å². The molecule has 6 heteroatoms. The summed E-state index contributed by atoms with van der Waals surface area (Å²) in [5.41, 5.74) is 1.76. The van der Waals surface area contributed by atoms with Crippen molar-refractivity contribution in [1.29, 1.82) is 0 Å². The Morgan fingerprint density at radius 1 is 1.17 bits per heavy atom. The Bertz CT molecular complexity index is 638. The molecule has 3 rings (SSSR count). The van der Waals surface area contributed by atoms with Crippen molar-refractivity contribution >= 4 is 11.6 Å². The molecule has 0 aliphatic carbocycles. The third-order valence-corrected chi connectivity index (χ3v) is 6.15. The fourth-order valence-corrected chi connectivity index (χ4v) is 4.41. The SMILES string of the molecule is COCCN1CCC(CN(CC2CCCO2)C(=O)c2ccccc2N(C)C)CC1. The number of rotatable bonds is 9. The fourth-order valence-electron chi connectivity index (χ4n) is 4.41. The van der Waals surface area contributed by atoms with Crippen LogP contribution in [-0.4, -0.2) is 89.0 Å². The van der Waals surface area contributed by atoms with Crippen molar-refractivity contribution in [3.05, 3.63) is 29.8 Å². The lowest BCUT2D eigenvalue weighted by Gasteiger charge is -2.36. The number of hydrogen-bond donors (Lipinski definition) is 0. The molecular formula is C23H37N3O3. The summed E-state index contributed by atoms with van der Waals surface area (Å²) in [6.45, 7) is 6.30. The predicted octanol–water partition coefficient (Wildman–Crippen LogP) is 2.73. The van der Waals surface area contributed by atoms with Crippen LogP contribution in [0.5, 0.6) is 0 Å². The molecule has 0 bridgehead atoms. The van der Waals surface area contributed by atoms with Gasteiger partial charge in [0.1, 0.15) is 0 Å². The van der Waals surface area contributed by atoms with Gasteiger partial charge in [-0.1, -0.05) is 12.1 Å². The first-order valence-electron chi connectivity index (χ1n) is 11.0. The standard InChI is InChI=1S/C23H37N3O3/c1-24(2)22-9-5-4-8-21(22)23(27)26(18-20-7-6-15-29-20)17-19-10-12-25(13-11-19)14-16-28-3/h4-5,8-9,19-20H,6-7,10-18H2,1-3H3. The van der Waals surface area contributed by atoms with Crippen LogP contribution >= 0.6 is 0 Å². The molecule has 0 saturated carbocycles. The number of nitrogens with zero attached hydrogens (tertiary/aromatic N) is 3. The first-order chi connectivity index (χ1) is 14.1. The number of ether oxygens (including phenoxy) is 2. The third-order valence-electron chi connectivity index (χ3n) is 6.15. The van der Waals surface area contributed by atoms with Gasteiger partial charge in [0.25, 0.3) is 5.91 Å². The van der Waals surface area contributed by atoms with Crippen LogP contribution in [0.4, 0.5) is 5.69 Å². The van der Waals surface area contributed by atoms with Gasteiger partial charge in [-0.15, -0.1) is 0 Å². The molecule has 1 aromatic carbocycles. The van der Waals surface area contributed by atoms with E-state index in [0.717, 1.165) is 76.3 Å². The number of carbonyl (C=O) groups is 1. The molecule has 6 nitrogen and oxygen atoms in total. The molecule has 2 fully saturated rings. The van der Waals surface area contributed by atoms with Crippen LogP contribution in [0.1, 0.15) is 36.0 Å². The summed E-state index contributed by atoms with van der Waals surface area (Å²) < 4.78 is 11.1. The summed E-state index contributed by atoms with van der Waals surface area (Å²) in [7, 11) is 5.74. The van der Waals surface area contributed by atoms with E-state index in [1.165, 1.54) is 0 Å². The molecule has 162 valence electrons. The maximum Gasteiger partial charge on any atom is 0.256 e. The van der Waals surface area contributed by atoms with E-state index >= 15 is 0 Å². The summed E-state index contributed by atoms with van der Waals surface area (Å²) in [5.74, 6) is 0.678. The highest BCUT2D eigenvalue weighted by molar-refractivity contribution is 5.99. The first kappa shape index (κ1) is 22.1. The van der Waals surface area contributed by atoms with E-state index in [2.05, 4.69) is 9.80 Å². The Hall–Kier alpha value is -1.63. The van der Waals surface area contributed by atoms with Crippen LogP contribution in [0.3, 0.4) is 0 Å². The average molecular weight is 404 g/mol. The second-order valence-electron chi connectivity index (χ2n) is 8.53. The van der Waals surface area contributed by atoms with Crippen molar-refractivity contribution in [3.8, 4) is 0 Å². The smallest absolute Gasteiger partial charge is 0.256 e. The van der Waals surface area contributed by atoms with Gasteiger partial charge in [0.05, 0.1) is 18.3 Å². The number of piperidine rings is 1. The molecular weight excluding hydrogens is 366 g/mol. The maximum atomic E-state index is 13.6. The van der Waals surface area contributed by atoms with Crippen molar-refractivity contribution in [2.75, 3.05) is 72.0 Å². The quantitative estimate of drug-likeness (QED) is 0.634. The van der Waals surface area contributed by atoms with Gasteiger partial charge >= 0.3 is 0 Å². The van der Waals surface area contributed by atoms with E-state index in [0.29, 0.717) is 12.5 Å². The zero-order valence-corrected chi connectivity index (χ0v) is 18.3. The van der Waals surface area contributed by atoms with Crippen LogP contribution < -0.4 is 4.90 Å². The van der Waals surface area contributed by atoms with Gasteiger partial charge in [0, 0.05) is 53.1 Å². The van der Waals surface area contributed by atoms with Crippen molar-refractivity contribution in [2.24, 2.45) is 5.92 Å². The van der Waals surface area contributed by atoms with Gasteiger partial charge in [-0.2, -0.15) is 0 Å². The van der Waals surface area contributed by atoms with E-state index in [1.54, 1.807) is 7.11 Å². The topological polar surface area (TPSA) is 45.3 Å². The number of benzene rings is 1. The van der Waals surface area contributed by atoms with E-state index in [9.17, 15) is 4.79 Å². The summed E-state index contributed by atoms with van der Waals surface area (Å²) in [5, 5.41) is 0. The number of carbonyl (C=O) groups excluding carboxylic acids is 1. The molecule has 0 aromatic heterocycles. The van der Waals surface area contributed by atoms with E-state index in [1.807, 2.05) is 43.3 Å². The summed E-state index contributed by atoms with van der Waals surface area (Å²) in [6.07, 6.45) is 4.59. The fraction of sp³-hybridized carbons (Fsp3) is 0.696. The van der Waals surface area contributed by atoms with Crippen LogP contribution in [-0.2, 0) is 9.47 Å². The molecule has 2 aliphatic rings. The number of likely N-dealkylation sites (tertiary alicyclic amines) is 1. The highest BCUT2D eigenvalue weighted by Gasteiger charge is 2.28. The number of anilines is 1. The van der Waals surface area contributed by atoms with Gasteiger partial charge < -0.3 is 24.2 Å². The van der Waals surface area contributed by atoms with Crippen LogP contribution in [0.2, 0.25) is 0 Å². The van der Waals surface area contributed by atoms with Crippen LogP contribution in [0, 0.1) is 5.92 Å². The molecule has 2 heterocycles. The van der Waals surface area contributed by atoms with Gasteiger partial charge in [-0.3, -0.25) is 4.79 Å². The molecule has 2 saturated heterocycles. The number of amides is 1. The lowest BCUT2D eigenvalue weighted by Crippen LogP contribution is -2.44. The van der Waals surface area contributed by atoms with Crippen molar-refractivity contribution in [2.45, 2.75) is 31.8 Å². The van der Waals surface area contributed by atoms with Crippen molar-refractivity contribution in [3.63, 3.8) is 0 Å². The third kappa shape index (κ3) is 6.17.